The van der Waals surface area contributed by atoms with Gasteiger partial charge in [-0.15, -0.1) is 0 Å². The van der Waals surface area contributed by atoms with Gasteiger partial charge in [-0.25, -0.2) is 0 Å². The molecule has 0 spiro atoms. The zero-order chi connectivity index (χ0) is 16.2. The third-order valence-electron chi connectivity index (χ3n) is 4.00. The average molecular weight is 316 g/mol. The number of aliphatic hydroxyl groups excluding tert-OH is 3. The fourth-order valence-corrected chi connectivity index (χ4v) is 2.50. The fourth-order valence-electron chi connectivity index (χ4n) is 2.50. The van der Waals surface area contributed by atoms with Crippen molar-refractivity contribution in [3.05, 3.63) is 12.2 Å². The van der Waals surface area contributed by atoms with Gasteiger partial charge in [-0.3, -0.25) is 0 Å². The topological polar surface area (TPSA) is 79.2 Å². The van der Waals surface area contributed by atoms with E-state index in [2.05, 4.69) is 19.1 Å². The zero-order valence-electron chi connectivity index (χ0n) is 13.7. The standard InChI is InChI=1S/C17H32O5/c1-2-3-4-5-6-7-8-9-10-11-21-15-13-22-14(12-18)16(19)17(15)20/h5-6,14-20H,2-4,7-13H2,1H3/b6-5+/t14-,15+,16-,17-/m0/s1. The van der Waals surface area contributed by atoms with Crippen LogP contribution >= 0.6 is 0 Å². The average Bonchev–Trinajstić information content (AvgIpc) is 2.53. The third kappa shape index (κ3) is 7.20. The lowest BCUT2D eigenvalue weighted by atomic mass is 10.0. The molecule has 0 aromatic carbocycles. The van der Waals surface area contributed by atoms with Gasteiger partial charge in [0.05, 0.1) is 13.2 Å². The van der Waals surface area contributed by atoms with Gasteiger partial charge in [0, 0.05) is 6.61 Å². The van der Waals surface area contributed by atoms with E-state index in [1.807, 2.05) is 0 Å². The van der Waals surface area contributed by atoms with Gasteiger partial charge in [-0.1, -0.05) is 38.3 Å². The molecule has 22 heavy (non-hydrogen) atoms. The van der Waals surface area contributed by atoms with Crippen LogP contribution in [-0.4, -0.2) is 59.6 Å². The lowest BCUT2D eigenvalue weighted by Gasteiger charge is -2.36. The van der Waals surface area contributed by atoms with Crippen molar-refractivity contribution in [1.82, 2.24) is 0 Å². The van der Waals surface area contributed by atoms with E-state index in [-0.39, 0.29) is 13.2 Å². The Kier molecular flexibility index (Phi) is 10.7. The molecule has 4 atom stereocenters. The lowest BCUT2D eigenvalue weighted by molar-refractivity contribution is -0.208. The van der Waals surface area contributed by atoms with Gasteiger partial charge in [0.15, 0.2) is 0 Å². The molecule has 5 heteroatoms. The van der Waals surface area contributed by atoms with E-state index in [0.29, 0.717) is 6.61 Å². The largest absolute Gasteiger partial charge is 0.394 e. The normalized spacial score (nSPS) is 29.3. The van der Waals surface area contributed by atoms with Crippen LogP contribution in [0.5, 0.6) is 0 Å². The Morgan fingerprint density at radius 1 is 1.05 bits per heavy atom. The summed E-state index contributed by atoms with van der Waals surface area (Å²) in [7, 11) is 0. The molecule has 0 aliphatic carbocycles. The van der Waals surface area contributed by atoms with Crippen molar-refractivity contribution in [3.63, 3.8) is 0 Å². The van der Waals surface area contributed by atoms with E-state index in [1.54, 1.807) is 0 Å². The van der Waals surface area contributed by atoms with E-state index in [9.17, 15) is 10.2 Å². The van der Waals surface area contributed by atoms with E-state index in [0.717, 1.165) is 25.7 Å². The number of hydrogen-bond donors (Lipinski definition) is 3. The Bertz CT molecular complexity index is 295. The SMILES string of the molecule is CCCC/C=C/CCCCCO[C@@H]1CO[C@@H](CO)[C@H](O)[C@H]1O. The molecule has 0 bridgehead atoms. The molecule has 3 N–H and O–H groups in total. The van der Waals surface area contributed by atoms with Crippen molar-refractivity contribution in [2.24, 2.45) is 0 Å². The quantitative estimate of drug-likeness (QED) is 0.400. The summed E-state index contributed by atoms with van der Waals surface area (Å²) in [5.41, 5.74) is 0. The van der Waals surface area contributed by atoms with Gasteiger partial charge in [0.1, 0.15) is 24.4 Å². The number of aliphatic hydroxyl groups is 3. The van der Waals surface area contributed by atoms with Crippen molar-refractivity contribution < 1.29 is 24.8 Å². The summed E-state index contributed by atoms with van der Waals surface area (Å²) in [6, 6.07) is 0. The first-order valence-corrected chi connectivity index (χ1v) is 8.55. The minimum Gasteiger partial charge on any atom is -0.394 e. The number of ether oxygens (including phenoxy) is 2. The molecule has 0 unspecified atom stereocenters. The molecule has 1 heterocycles. The third-order valence-corrected chi connectivity index (χ3v) is 4.00. The van der Waals surface area contributed by atoms with Crippen molar-refractivity contribution in [2.75, 3.05) is 19.8 Å². The molecule has 1 aliphatic rings. The first-order chi connectivity index (χ1) is 10.7. The first-order valence-electron chi connectivity index (χ1n) is 8.55. The first kappa shape index (κ1) is 19.6. The second kappa shape index (κ2) is 12.0. The van der Waals surface area contributed by atoms with E-state index < -0.39 is 24.4 Å². The number of unbranched alkanes of at least 4 members (excludes halogenated alkanes) is 5. The van der Waals surface area contributed by atoms with Crippen LogP contribution in [0.4, 0.5) is 0 Å². The molecule has 1 rings (SSSR count). The molecule has 0 saturated carbocycles. The summed E-state index contributed by atoms with van der Waals surface area (Å²) < 4.78 is 10.9. The van der Waals surface area contributed by atoms with Gasteiger partial charge in [0.2, 0.25) is 0 Å². The molecule has 0 aromatic rings. The molecule has 1 saturated heterocycles. The monoisotopic (exact) mass is 316 g/mol. The molecule has 1 fully saturated rings. The van der Waals surface area contributed by atoms with Crippen LogP contribution in [0, 0.1) is 0 Å². The van der Waals surface area contributed by atoms with Gasteiger partial charge in [-0.05, 0) is 25.7 Å². The number of allylic oxidation sites excluding steroid dienone is 2. The molecule has 0 aromatic heterocycles. The van der Waals surface area contributed by atoms with Crippen molar-refractivity contribution in [1.29, 1.82) is 0 Å². The van der Waals surface area contributed by atoms with Crippen molar-refractivity contribution >= 4 is 0 Å². The van der Waals surface area contributed by atoms with Gasteiger partial charge < -0.3 is 24.8 Å². The maximum Gasteiger partial charge on any atom is 0.111 e. The minimum atomic E-state index is -1.09. The summed E-state index contributed by atoms with van der Waals surface area (Å²) in [6.45, 7) is 2.67. The van der Waals surface area contributed by atoms with Crippen LogP contribution < -0.4 is 0 Å². The van der Waals surface area contributed by atoms with Crippen LogP contribution in [0.1, 0.15) is 51.9 Å². The van der Waals surface area contributed by atoms with E-state index in [1.165, 1.54) is 19.3 Å². The molecular formula is C17H32O5. The van der Waals surface area contributed by atoms with Crippen molar-refractivity contribution in [3.8, 4) is 0 Å². The maximum absolute atomic E-state index is 9.91. The Balaban J connectivity index is 2.02. The molecule has 0 amide bonds. The van der Waals surface area contributed by atoms with Crippen LogP contribution in [0.2, 0.25) is 0 Å². The Morgan fingerprint density at radius 2 is 1.77 bits per heavy atom. The Morgan fingerprint density at radius 3 is 2.45 bits per heavy atom. The summed E-state index contributed by atoms with van der Waals surface area (Å²) in [5.74, 6) is 0. The molecule has 1 aliphatic heterocycles. The summed E-state index contributed by atoms with van der Waals surface area (Å²) in [4.78, 5) is 0. The number of rotatable bonds is 11. The van der Waals surface area contributed by atoms with Gasteiger partial charge >= 0.3 is 0 Å². The Hall–Kier alpha value is -0.460. The summed E-state index contributed by atoms with van der Waals surface area (Å²) >= 11 is 0. The van der Waals surface area contributed by atoms with Crippen molar-refractivity contribution in [2.45, 2.75) is 76.3 Å². The predicted molar refractivity (Wildman–Crippen MR) is 85.7 cm³/mol. The van der Waals surface area contributed by atoms with Crippen LogP contribution in [0.15, 0.2) is 12.2 Å². The predicted octanol–water partition coefficient (Wildman–Crippen LogP) is 1.79. The zero-order valence-corrected chi connectivity index (χ0v) is 13.7. The Labute approximate surface area is 133 Å². The highest BCUT2D eigenvalue weighted by molar-refractivity contribution is 4.87. The van der Waals surface area contributed by atoms with Crippen LogP contribution in [0.3, 0.4) is 0 Å². The second-order valence-electron chi connectivity index (χ2n) is 5.91. The molecule has 130 valence electrons. The highest BCUT2D eigenvalue weighted by Crippen LogP contribution is 2.18. The number of hydrogen-bond acceptors (Lipinski definition) is 5. The summed E-state index contributed by atoms with van der Waals surface area (Å²) in [6.07, 6.45) is 9.16. The fraction of sp³-hybridized carbons (Fsp3) is 0.882. The second-order valence-corrected chi connectivity index (χ2v) is 5.91. The van der Waals surface area contributed by atoms with Crippen LogP contribution in [0.25, 0.3) is 0 Å². The smallest absolute Gasteiger partial charge is 0.111 e. The lowest BCUT2D eigenvalue weighted by Crippen LogP contribution is -2.55. The molecular weight excluding hydrogens is 284 g/mol. The maximum atomic E-state index is 9.91. The highest BCUT2D eigenvalue weighted by Gasteiger charge is 2.38. The van der Waals surface area contributed by atoms with Gasteiger partial charge in [-0.2, -0.15) is 0 Å². The van der Waals surface area contributed by atoms with E-state index >= 15 is 0 Å². The summed E-state index contributed by atoms with van der Waals surface area (Å²) in [5, 5.41) is 28.6. The van der Waals surface area contributed by atoms with Gasteiger partial charge in [0.25, 0.3) is 0 Å². The minimum absolute atomic E-state index is 0.212. The van der Waals surface area contributed by atoms with E-state index in [4.69, 9.17) is 14.6 Å². The molecule has 5 nitrogen and oxygen atoms in total. The highest BCUT2D eigenvalue weighted by atomic mass is 16.6. The molecule has 0 radical (unpaired) electrons. The van der Waals surface area contributed by atoms with Crippen LogP contribution in [-0.2, 0) is 9.47 Å².